The van der Waals surface area contributed by atoms with Gasteiger partial charge >= 0.3 is 0 Å². The second-order valence-electron chi connectivity index (χ2n) is 4.89. The monoisotopic (exact) mass is 169 g/mol. The highest BCUT2D eigenvalue weighted by Crippen LogP contribution is 2.57. The van der Waals surface area contributed by atoms with Crippen molar-refractivity contribution < 1.29 is 4.74 Å². The molecule has 1 spiro atoms. The zero-order valence-corrected chi connectivity index (χ0v) is 8.10. The molecule has 2 unspecified atom stereocenters. The van der Waals surface area contributed by atoms with E-state index in [4.69, 9.17) is 10.5 Å². The van der Waals surface area contributed by atoms with E-state index >= 15 is 0 Å². The Morgan fingerprint density at radius 3 is 2.33 bits per heavy atom. The van der Waals surface area contributed by atoms with Crippen LogP contribution in [0, 0.1) is 5.41 Å². The standard InChI is InChI=1S/C10H19NO/c1-9(2)5-6-10(9)4-3-8(7-11)12-10/h8H,3-7,11H2,1-2H3. The van der Waals surface area contributed by atoms with Crippen molar-refractivity contribution in [3.8, 4) is 0 Å². The van der Waals surface area contributed by atoms with Gasteiger partial charge in [-0.15, -0.1) is 0 Å². The second-order valence-corrected chi connectivity index (χ2v) is 4.89. The molecule has 0 bridgehead atoms. The first kappa shape index (κ1) is 8.52. The molecule has 2 heteroatoms. The summed E-state index contributed by atoms with van der Waals surface area (Å²) in [6, 6.07) is 0. The Labute approximate surface area is 74.5 Å². The lowest BCUT2D eigenvalue weighted by molar-refractivity contribution is -0.177. The van der Waals surface area contributed by atoms with Gasteiger partial charge in [-0.05, 0) is 31.1 Å². The van der Waals surface area contributed by atoms with Crippen molar-refractivity contribution in [1.82, 2.24) is 0 Å². The Bertz CT molecular complexity index is 190. The summed E-state index contributed by atoms with van der Waals surface area (Å²) < 4.78 is 6.02. The molecule has 0 amide bonds. The zero-order chi connectivity index (χ0) is 8.82. The van der Waals surface area contributed by atoms with Gasteiger partial charge in [-0.1, -0.05) is 13.8 Å². The normalized spacial score (nSPS) is 44.8. The van der Waals surface area contributed by atoms with E-state index in [0.29, 0.717) is 18.1 Å². The molecule has 1 saturated heterocycles. The molecular weight excluding hydrogens is 150 g/mol. The molecule has 0 aromatic carbocycles. The van der Waals surface area contributed by atoms with Crippen LogP contribution in [-0.2, 0) is 4.74 Å². The molecule has 0 aromatic rings. The molecule has 0 aromatic heterocycles. The van der Waals surface area contributed by atoms with E-state index in [1.54, 1.807) is 0 Å². The van der Waals surface area contributed by atoms with Crippen molar-refractivity contribution in [3.63, 3.8) is 0 Å². The molecule has 1 heterocycles. The predicted molar refractivity (Wildman–Crippen MR) is 48.9 cm³/mol. The maximum absolute atomic E-state index is 6.02. The second kappa shape index (κ2) is 2.46. The van der Waals surface area contributed by atoms with E-state index in [0.717, 1.165) is 0 Å². The van der Waals surface area contributed by atoms with Gasteiger partial charge in [0.25, 0.3) is 0 Å². The van der Waals surface area contributed by atoms with Crippen LogP contribution in [0.5, 0.6) is 0 Å². The summed E-state index contributed by atoms with van der Waals surface area (Å²) in [6.45, 7) is 5.32. The van der Waals surface area contributed by atoms with Gasteiger partial charge in [0.05, 0.1) is 11.7 Å². The Morgan fingerprint density at radius 1 is 1.33 bits per heavy atom. The summed E-state index contributed by atoms with van der Waals surface area (Å²) in [4.78, 5) is 0. The van der Waals surface area contributed by atoms with Gasteiger partial charge in [-0.2, -0.15) is 0 Å². The van der Waals surface area contributed by atoms with Gasteiger partial charge < -0.3 is 10.5 Å². The molecule has 2 fully saturated rings. The van der Waals surface area contributed by atoms with Crippen LogP contribution >= 0.6 is 0 Å². The van der Waals surface area contributed by atoms with Crippen LogP contribution in [0.15, 0.2) is 0 Å². The highest BCUT2D eigenvalue weighted by Gasteiger charge is 2.57. The fourth-order valence-electron chi connectivity index (χ4n) is 2.58. The lowest BCUT2D eigenvalue weighted by Crippen LogP contribution is -2.54. The van der Waals surface area contributed by atoms with Crippen LogP contribution in [0.4, 0.5) is 0 Å². The van der Waals surface area contributed by atoms with Crippen molar-refractivity contribution in [1.29, 1.82) is 0 Å². The first-order valence-corrected chi connectivity index (χ1v) is 4.98. The van der Waals surface area contributed by atoms with Crippen LogP contribution in [0.3, 0.4) is 0 Å². The predicted octanol–water partition coefficient (Wildman–Crippen LogP) is 1.68. The molecule has 70 valence electrons. The zero-order valence-electron chi connectivity index (χ0n) is 8.10. The molecule has 2 nitrogen and oxygen atoms in total. The first-order valence-electron chi connectivity index (χ1n) is 4.98. The third kappa shape index (κ3) is 0.944. The largest absolute Gasteiger partial charge is 0.370 e. The fraction of sp³-hybridized carbons (Fsp3) is 1.00. The quantitative estimate of drug-likeness (QED) is 0.648. The smallest absolute Gasteiger partial charge is 0.0738 e. The SMILES string of the molecule is CC1(C)CCC12CCC(CN)O2. The summed E-state index contributed by atoms with van der Waals surface area (Å²) in [6.07, 6.45) is 5.28. The van der Waals surface area contributed by atoms with Crippen LogP contribution in [0.2, 0.25) is 0 Å². The minimum atomic E-state index is 0.205. The molecular formula is C10H19NO. The van der Waals surface area contributed by atoms with Gasteiger partial charge in [0.2, 0.25) is 0 Å². The molecule has 2 rings (SSSR count). The summed E-state index contributed by atoms with van der Waals surface area (Å²) in [5, 5.41) is 0. The van der Waals surface area contributed by atoms with E-state index < -0.39 is 0 Å². The highest BCUT2D eigenvalue weighted by molar-refractivity contribution is 5.07. The minimum absolute atomic E-state index is 0.205. The number of hydrogen-bond donors (Lipinski definition) is 1. The van der Waals surface area contributed by atoms with Crippen molar-refractivity contribution in [2.75, 3.05) is 6.54 Å². The lowest BCUT2D eigenvalue weighted by atomic mass is 9.58. The molecule has 2 N–H and O–H groups in total. The fourth-order valence-corrected chi connectivity index (χ4v) is 2.58. The number of hydrogen-bond acceptors (Lipinski definition) is 2. The Morgan fingerprint density at radius 2 is 2.08 bits per heavy atom. The molecule has 12 heavy (non-hydrogen) atoms. The van der Waals surface area contributed by atoms with E-state index in [1.807, 2.05) is 0 Å². The minimum Gasteiger partial charge on any atom is -0.370 e. The maximum atomic E-state index is 6.02. The Kier molecular flexibility index (Phi) is 1.74. The Hall–Kier alpha value is -0.0800. The van der Waals surface area contributed by atoms with E-state index in [-0.39, 0.29) is 5.60 Å². The Balaban J connectivity index is 2.06. The molecule has 2 aliphatic rings. The van der Waals surface area contributed by atoms with Crippen LogP contribution in [0.1, 0.15) is 39.5 Å². The van der Waals surface area contributed by atoms with Gasteiger partial charge in [0.1, 0.15) is 0 Å². The van der Waals surface area contributed by atoms with Crippen LogP contribution in [0.25, 0.3) is 0 Å². The third-order valence-electron chi connectivity index (χ3n) is 3.91. The summed E-state index contributed by atoms with van der Waals surface area (Å²) in [7, 11) is 0. The first-order chi connectivity index (χ1) is 5.60. The van der Waals surface area contributed by atoms with Gasteiger partial charge in [-0.25, -0.2) is 0 Å². The van der Waals surface area contributed by atoms with Crippen molar-refractivity contribution in [3.05, 3.63) is 0 Å². The van der Waals surface area contributed by atoms with E-state index in [2.05, 4.69) is 13.8 Å². The van der Waals surface area contributed by atoms with Crippen LogP contribution < -0.4 is 5.73 Å². The summed E-state index contributed by atoms with van der Waals surface area (Å²) >= 11 is 0. The van der Waals surface area contributed by atoms with Gasteiger partial charge in [0.15, 0.2) is 0 Å². The number of rotatable bonds is 1. The molecule has 1 aliphatic carbocycles. The molecule has 1 aliphatic heterocycles. The maximum Gasteiger partial charge on any atom is 0.0738 e. The molecule has 0 radical (unpaired) electrons. The lowest BCUT2D eigenvalue weighted by Gasteiger charge is -2.53. The summed E-state index contributed by atoms with van der Waals surface area (Å²) in [5.41, 5.74) is 6.20. The van der Waals surface area contributed by atoms with Crippen LogP contribution in [-0.4, -0.2) is 18.2 Å². The number of ether oxygens (including phenoxy) is 1. The average Bonchev–Trinajstić information content (AvgIpc) is 2.48. The molecule has 1 saturated carbocycles. The summed E-state index contributed by atoms with van der Waals surface area (Å²) in [5.74, 6) is 0. The number of nitrogens with two attached hydrogens (primary N) is 1. The topological polar surface area (TPSA) is 35.2 Å². The van der Waals surface area contributed by atoms with Gasteiger partial charge in [-0.3, -0.25) is 0 Å². The van der Waals surface area contributed by atoms with E-state index in [1.165, 1.54) is 25.7 Å². The van der Waals surface area contributed by atoms with Crippen molar-refractivity contribution >= 4 is 0 Å². The third-order valence-corrected chi connectivity index (χ3v) is 3.91. The van der Waals surface area contributed by atoms with E-state index in [9.17, 15) is 0 Å². The van der Waals surface area contributed by atoms with Crippen molar-refractivity contribution in [2.45, 2.75) is 51.2 Å². The molecule has 2 atom stereocenters. The van der Waals surface area contributed by atoms with Crippen molar-refractivity contribution in [2.24, 2.45) is 11.1 Å². The van der Waals surface area contributed by atoms with Gasteiger partial charge in [0, 0.05) is 6.54 Å². The average molecular weight is 169 g/mol. The highest BCUT2D eigenvalue weighted by atomic mass is 16.5.